The number of rotatable bonds is 2. The van der Waals surface area contributed by atoms with Crippen LogP contribution in [0.1, 0.15) is 29.2 Å². The van der Waals surface area contributed by atoms with Gasteiger partial charge in [-0.3, -0.25) is 14.2 Å². The fourth-order valence-corrected chi connectivity index (χ4v) is 3.06. The Morgan fingerprint density at radius 1 is 1.40 bits per heavy atom. The molecule has 2 fully saturated rings. The molecule has 5 nitrogen and oxygen atoms in total. The Morgan fingerprint density at radius 3 is 2.80 bits per heavy atom. The summed E-state index contributed by atoms with van der Waals surface area (Å²) in [6.45, 7) is -0.355. The second-order valence-corrected chi connectivity index (χ2v) is 5.36. The number of carbonyl (C=O) groups is 2. The molecule has 2 amide bonds. The fraction of sp³-hybridized carbons (Fsp3) is 0.538. The summed E-state index contributed by atoms with van der Waals surface area (Å²) in [6.07, 6.45) is 0.406. The maximum Gasteiger partial charge on any atom is 0.319 e. The third-order valence-electron chi connectivity index (χ3n) is 4.06. The number of hydrogen-bond acceptors (Lipinski definition) is 2. The normalized spacial score (nSPS) is 25.2. The highest BCUT2D eigenvalue weighted by atomic mass is 19.3. The maximum absolute atomic E-state index is 13.0. The van der Waals surface area contributed by atoms with Crippen LogP contribution in [0.4, 0.5) is 8.78 Å². The minimum absolute atomic E-state index is 0.00102. The SMILES string of the molecule is Cc1ccc(C(=O)N2C[C@@H]3CC(=O)N[C@@H]3C2)n1C(F)F. The van der Waals surface area contributed by atoms with Gasteiger partial charge in [0.15, 0.2) is 0 Å². The van der Waals surface area contributed by atoms with E-state index in [4.69, 9.17) is 0 Å². The topological polar surface area (TPSA) is 54.3 Å². The van der Waals surface area contributed by atoms with Crippen LogP contribution in [0.2, 0.25) is 0 Å². The van der Waals surface area contributed by atoms with Crippen molar-refractivity contribution in [3.63, 3.8) is 0 Å². The van der Waals surface area contributed by atoms with Crippen molar-refractivity contribution in [1.29, 1.82) is 0 Å². The lowest BCUT2D eigenvalue weighted by Gasteiger charge is -2.19. The molecule has 0 aliphatic carbocycles. The average Bonchev–Trinajstić information content (AvgIpc) is 3.00. The molecule has 0 spiro atoms. The molecule has 2 saturated heterocycles. The summed E-state index contributed by atoms with van der Waals surface area (Å²) >= 11 is 0. The highest BCUT2D eigenvalue weighted by Gasteiger charge is 2.42. The second kappa shape index (κ2) is 4.57. The average molecular weight is 283 g/mol. The number of carbonyl (C=O) groups excluding carboxylic acids is 2. The zero-order valence-corrected chi connectivity index (χ0v) is 11.0. The third-order valence-corrected chi connectivity index (χ3v) is 4.06. The Hall–Kier alpha value is -1.92. The van der Waals surface area contributed by atoms with Gasteiger partial charge in [0, 0.05) is 31.1 Å². The van der Waals surface area contributed by atoms with Crippen LogP contribution in [-0.2, 0) is 4.79 Å². The molecule has 0 unspecified atom stereocenters. The molecule has 0 aromatic carbocycles. The molecule has 2 atom stereocenters. The minimum atomic E-state index is -2.73. The molecule has 1 N–H and O–H groups in total. The maximum atomic E-state index is 13.0. The monoisotopic (exact) mass is 283 g/mol. The van der Waals surface area contributed by atoms with Crippen LogP contribution < -0.4 is 5.32 Å². The molecular formula is C13H15F2N3O2. The summed E-state index contributed by atoms with van der Waals surface area (Å²) in [5, 5.41) is 2.81. The lowest BCUT2D eigenvalue weighted by atomic mass is 10.1. The quantitative estimate of drug-likeness (QED) is 0.885. The van der Waals surface area contributed by atoms with Gasteiger partial charge in [-0.2, -0.15) is 8.78 Å². The van der Waals surface area contributed by atoms with E-state index < -0.39 is 12.5 Å². The molecule has 2 aliphatic heterocycles. The molecule has 1 aromatic heterocycles. The van der Waals surface area contributed by atoms with Gasteiger partial charge < -0.3 is 10.2 Å². The number of aryl methyl sites for hydroxylation is 1. The lowest BCUT2D eigenvalue weighted by Crippen LogP contribution is -2.36. The number of aromatic nitrogens is 1. The Morgan fingerprint density at radius 2 is 2.15 bits per heavy atom. The number of halogens is 2. The Bertz CT molecular complexity index is 554. The van der Waals surface area contributed by atoms with E-state index in [1.165, 1.54) is 12.1 Å². The van der Waals surface area contributed by atoms with E-state index in [1.807, 2.05) is 0 Å². The first-order valence-electron chi connectivity index (χ1n) is 6.52. The number of likely N-dealkylation sites (tertiary alicyclic amines) is 1. The lowest BCUT2D eigenvalue weighted by molar-refractivity contribution is -0.119. The molecular weight excluding hydrogens is 268 g/mol. The van der Waals surface area contributed by atoms with Crippen LogP contribution in [0.5, 0.6) is 0 Å². The first kappa shape index (κ1) is 13.1. The number of fused-ring (bicyclic) bond motifs is 1. The number of amides is 2. The number of alkyl halides is 2. The van der Waals surface area contributed by atoms with E-state index in [0.29, 0.717) is 25.2 Å². The van der Waals surface area contributed by atoms with Gasteiger partial charge in [-0.05, 0) is 19.1 Å². The highest BCUT2D eigenvalue weighted by molar-refractivity contribution is 5.93. The summed E-state index contributed by atoms with van der Waals surface area (Å²) in [5.41, 5.74) is 0.361. The Labute approximate surface area is 114 Å². The van der Waals surface area contributed by atoms with E-state index in [1.54, 1.807) is 11.8 Å². The van der Waals surface area contributed by atoms with E-state index >= 15 is 0 Å². The van der Waals surface area contributed by atoms with Crippen LogP contribution in [0.15, 0.2) is 12.1 Å². The zero-order valence-electron chi connectivity index (χ0n) is 11.0. The summed E-state index contributed by atoms with van der Waals surface area (Å²) in [6, 6.07) is 2.90. The Balaban J connectivity index is 1.80. The first-order chi connectivity index (χ1) is 9.47. The van der Waals surface area contributed by atoms with Crippen molar-refractivity contribution in [2.45, 2.75) is 25.9 Å². The van der Waals surface area contributed by atoms with Gasteiger partial charge in [0.25, 0.3) is 5.91 Å². The largest absolute Gasteiger partial charge is 0.351 e. The van der Waals surface area contributed by atoms with Gasteiger partial charge in [0.2, 0.25) is 5.91 Å². The summed E-state index contributed by atoms with van der Waals surface area (Å²) in [4.78, 5) is 25.1. The van der Waals surface area contributed by atoms with Gasteiger partial charge in [-0.1, -0.05) is 0 Å². The predicted molar refractivity (Wildman–Crippen MR) is 66.4 cm³/mol. The molecule has 3 heterocycles. The molecule has 3 rings (SSSR count). The zero-order chi connectivity index (χ0) is 14.4. The second-order valence-electron chi connectivity index (χ2n) is 5.36. The van der Waals surface area contributed by atoms with Crippen molar-refractivity contribution < 1.29 is 18.4 Å². The van der Waals surface area contributed by atoms with Gasteiger partial charge in [-0.15, -0.1) is 0 Å². The van der Waals surface area contributed by atoms with E-state index in [-0.39, 0.29) is 23.6 Å². The molecule has 1 aromatic rings. The van der Waals surface area contributed by atoms with Crippen molar-refractivity contribution in [1.82, 2.24) is 14.8 Å². The fourth-order valence-electron chi connectivity index (χ4n) is 3.06. The number of nitrogens with one attached hydrogen (secondary N) is 1. The van der Waals surface area contributed by atoms with Crippen LogP contribution in [-0.4, -0.2) is 40.4 Å². The molecule has 2 aliphatic rings. The van der Waals surface area contributed by atoms with E-state index in [9.17, 15) is 18.4 Å². The summed E-state index contributed by atoms with van der Waals surface area (Å²) < 4.78 is 26.7. The molecule has 108 valence electrons. The molecule has 0 bridgehead atoms. The van der Waals surface area contributed by atoms with Gasteiger partial charge in [0.05, 0.1) is 6.04 Å². The van der Waals surface area contributed by atoms with Gasteiger partial charge in [0.1, 0.15) is 5.69 Å². The van der Waals surface area contributed by atoms with Crippen molar-refractivity contribution in [3.8, 4) is 0 Å². The van der Waals surface area contributed by atoms with Gasteiger partial charge in [-0.25, -0.2) is 0 Å². The van der Waals surface area contributed by atoms with Crippen LogP contribution >= 0.6 is 0 Å². The molecule has 0 saturated carbocycles. The van der Waals surface area contributed by atoms with E-state index in [0.717, 1.165) is 4.57 Å². The highest BCUT2D eigenvalue weighted by Crippen LogP contribution is 2.28. The van der Waals surface area contributed by atoms with Crippen molar-refractivity contribution in [2.75, 3.05) is 13.1 Å². The first-order valence-corrected chi connectivity index (χ1v) is 6.52. The number of hydrogen-bond donors (Lipinski definition) is 1. The van der Waals surface area contributed by atoms with Crippen LogP contribution in [0, 0.1) is 12.8 Å². The third kappa shape index (κ3) is 1.97. The standard InChI is InChI=1S/C13H15F2N3O2/c1-7-2-3-10(18(7)13(14)15)12(20)17-5-8-4-11(19)16-9(8)6-17/h2-3,8-9,13H,4-6H2,1H3,(H,16,19)/t8-,9+/m0/s1. The van der Waals surface area contributed by atoms with E-state index in [2.05, 4.69) is 5.32 Å². The van der Waals surface area contributed by atoms with Crippen LogP contribution in [0.3, 0.4) is 0 Å². The number of nitrogens with zero attached hydrogens (tertiary/aromatic N) is 2. The summed E-state index contributed by atoms with van der Waals surface area (Å²) in [7, 11) is 0. The predicted octanol–water partition coefficient (Wildman–Crippen LogP) is 1.15. The molecule has 7 heteroatoms. The molecule has 20 heavy (non-hydrogen) atoms. The van der Waals surface area contributed by atoms with Crippen molar-refractivity contribution in [2.24, 2.45) is 5.92 Å². The summed E-state index contributed by atoms with van der Waals surface area (Å²) in [5.74, 6) is -0.302. The van der Waals surface area contributed by atoms with Gasteiger partial charge >= 0.3 is 6.55 Å². The van der Waals surface area contributed by atoms with Crippen molar-refractivity contribution >= 4 is 11.8 Å². The van der Waals surface area contributed by atoms with Crippen molar-refractivity contribution in [3.05, 3.63) is 23.5 Å². The smallest absolute Gasteiger partial charge is 0.319 e. The van der Waals surface area contributed by atoms with Crippen LogP contribution in [0.25, 0.3) is 0 Å². The minimum Gasteiger partial charge on any atom is -0.351 e. The molecule has 0 radical (unpaired) electrons. The Kier molecular flexibility index (Phi) is 2.99.